The summed E-state index contributed by atoms with van der Waals surface area (Å²) in [4.78, 5) is 50.3. The van der Waals surface area contributed by atoms with Crippen molar-refractivity contribution in [1.29, 1.82) is 0 Å². The highest BCUT2D eigenvalue weighted by atomic mass is 16.4. The number of carbonyl (C=O) groups excluding carboxylic acids is 2. The molecule has 12 heteroatoms. The van der Waals surface area contributed by atoms with E-state index >= 15 is 0 Å². The highest BCUT2D eigenvalue weighted by molar-refractivity contribution is 5.92. The Hall–Kier alpha value is -2.89. The van der Waals surface area contributed by atoms with Crippen molar-refractivity contribution < 1.29 is 29.4 Å². The summed E-state index contributed by atoms with van der Waals surface area (Å²) in [5.41, 5.74) is 16.2. The number of hydrogen-bond acceptors (Lipinski definition) is 6. The maximum absolute atomic E-state index is 12.4. The summed E-state index contributed by atoms with van der Waals surface area (Å²) in [6.45, 7) is 3.93. The maximum Gasteiger partial charge on any atom is 0.326 e. The molecule has 160 valence electrons. The SMILES string of the molecule is CC(C)CC(NC(=O)C(N)CCCN=C(N)N)C(=O)NC(CC(=O)O)C(=O)O. The Bertz CT molecular complexity index is 590. The van der Waals surface area contributed by atoms with Gasteiger partial charge in [0, 0.05) is 6.54 Å². The molecule has 2 amide bonds. The number of carboxylic acid groups (broad SMARTS) is 2. The lowest BCUT2D eigenvalue weighted by molar-refractivity contribution is -0.147. The average molecular weight is 402 g/mol. The van der Waals surface area contributed by atoms with Crippen molar-refractivity contribution in [3.05, 3.63) is 0 Å². The second-order valence-corrected chi connectivity index (χ2v) is 6.74. The molecule has 0 aliphatic heterocycles. The number of nitrogens with zero attached hydrogens (tertiary/aromatic N) is 1. The first kappa shape index (κ1) is 25.1. The van der Waals surface area contributed by atoms with Gasteiger partial charge in [-0.15, -0.1) is 0 Å². The van der Waals surface area contributed by atoms with Crippen molar-refractivity contribution in [1.82, 2.24) is 10.6 Å². The predicted octanol–water partition coefficient (Wildman–Crippen LogP) is -2.06. The number of hydrogen-bond donors (Lipinski definition) is 7. The Labute approximate surface area is 162 Å². The van der Waals surface area contributed by atoms with Crippen molar-refractivity contribution in [3.63, 3.8) is 0 Å². The normalized spacial score (nSPS) is 13.9. The van der Waals surface area contributed by atoms with Gasteiger partial charge in [-0.1, -0.05) is 13.8 Å². The maximum atomic E-state index is 12.4. The van der Waals surface area contributed by atoms with E-state index in [0.717, 1.165) is 0 Å². The van der Waals surface area contributed by atoms with Gasteiger partial charge in [0.25, 0.3) is 0 Å². The van der Waals surface area contributed by atoms with Crippen molar-refractivity contribution >= 4 is 29.7 Å². The van der Waals surface area contributed by atoms with Crippen LogP contribution in [0.15, 0.2) is 4.99 Å². The van der Waals surface area contributed by atoms with Crippen molar-refractivity contribution in [2.75, 3.05) is 6.54 Å². The zero-order valence-electron chi connectivity index (χ0n) is 16.1. The topological polar surface area (TPSA) is 223 Å². The van der Waals surface area contributed by atoms with Gasteiger partial charge >= 0.3 is 11.9 Å². The summed E-state index contributed by atoms with van der Waals surface area (Å²) in [6, 6.07) is -3.57. The zero-order valence-corrected chi connectivity index (χ0v) is 16.1. The van der Waals surface area contributed by atoms with Crippen LogP contribution >= 0.6 is 0 Å². The Morgan fingerprint density at radius 2 is 1.57 bits per heavy atom. The van der Waals surface area contributed by atoms with Gasteiger partial charge in [0.15, 0.2) is 5.96 Å². The van der Waals surface area contributed by atoms with Crippen LogP contribution in [0.3, 0.4) is 0 Å². The number of amides is 2. The van der Waals surface area contributed by atoms with Gasteiger partial charge in [-0.25, -0.2) is 4.79 Å². The summed E-state index contributed by atoms with van der Waals surface area (Å²) < 4.78 is 0. The minimum absolute atomic E-state index is 0.00288. The first-order chi connectivity index (χ1) is 12.9. The quantitative estimate of drug-likeness (QED) is 0.102. The number of nitrogens with one attached hydrogen (secondary N) is 2. The third-order valence-corrected chi connectivity index (χ3v) is 3.64. The standard InChI is InChI=1S/C16H30N6O6/c1-8(2)6-10(14(26)22-11(15(27)28)7-12(23)24)21-13(25)9(17)4-3-5-20-16(18)19/h8-11H,3-7,17H2,1-2H3,(H,21,25)(H,22,26)(H,23,24)(H,27,28)(H4,18,19,20). The van der Waals surface area contributed by atoms with Crippen LogP contribution in [0.1, 0.15) is 39.5 Å². The Kier molecular flexibility index (Phi) is 11.2. The van der Waals surface area contributed by atoms with Gasteiger partial charge < -0.3 is 38.0 Å². The van der Waals surface area contributed by atoms with Crippen LogP contribution in [0, 0.1) is 5.92 Å². The van der Waals surface area contributed by atoms with Crippen LogP contribution in [-0.4, -0.2) is 64.6 Å². The molecule has 10 N–H and O–H groups in total. The summed E-state index contributed by atoms with van der Waals surface area (Å²) in [7, 11) is 0. The molecule has 0 heterocycles. The van der Waals surface area contributed by atoms with Crippen molar-refractivity contribution in [3.8, 4) is 0 Å². The fourth-order valence-electron chi connectivity index (χ4n) is 2.28. The van der Waals surface area contributed by atoms with E-state index in [9.17, 15) is 19.2 Å². The molecule has 0 aliphatic rings. The second-order valence-electron chi connectivity index (χ2n) is 6.74. The molecule has 0 fully saturated rings. The highest BCUT2D eigenvalue weighted by Crippen LogP contribution is 2.07. The fourth-order valence-corrected chi connectivity index (χ4v) is 2.28. The van der Waals surface area contributed by atoms with E-state index in [0.29, 0.717) is 13.0 Å². The molecule has 0 bridgehead atoms. The van der Waals surface area contributed by atoms with Gasteiger partial charge in [0.2, 0.25) is 11.8 Å². The average Bonchev–Trinajstić information content (AvgIpc) is 2.55. The lowest BCUT2D eigenvalue weighted by Crippen LogP contribution is -2.55. The number of nitrogens with two attached hydrogens (primary N) is 3. The van der Waals surface area contributed by atoms with Gasteiger partial charge in [-0.05, 0) is 25.2 Å². The number of guanidine groups is 1. The molecular weight excluding hydrogens is 372 g/mol. The predicted molar refractivity (Wildman–Crippen MR) is 101 cm³/mol. The van der Waals surface area contributed by atoms with E-state index in [1.54, 1.807) is 0 Å². The smallest absolute Gasteiger partial charge is 0.326 e. The molecule has 0 aliphatic carbocycles. The molecule has 12 nitrogen and oxygen atoms in total. The Morgan fingerprint density at radius 1 is 1.00 bits per heavy atom. The van der Waals surface area contributed by atoms with Crippen molar-refractivity contribution in [2.24, 2.45) is 28.1 Å². The van der Waals surface area contributed by atoms with Crippen LogP contribution in [0.2, 0.25) is 0 Å². The van der Waals surface area contributed by atoms with Crippen LogP contribution < -0.4 is 27.8 Å². The molecule has 0 radical (unpaired) electrons. The molecular formula is C16H30N6O6. The molecule has 0 aromatic carbocycles. The highest BCUT2D eigenvalue weighted by Gasteiger charge is 2.29. The molecule has 28 heavy (non-hydrogen) atoms. The number of rotatable bonds is 13. The molecule has 0 aromatic heterocycles. The first-order valence-electron chi connectivity index (χ1n) is 8.80. The first-order valence-corrected chi connectivity index (χ1v) is 8.80. The summed E-state index contributed by atoms with van der Waals surface area (Å²) >= 11 is 0. The molecule has 0 aromatic rings. The molecule has 0 rings (SSSR count). The zero-order chi connectivity index (χ0) is 21.9. The van der Waals surface area contributed by atoms with E-state index in [1.807, 2.05) is 13.8 Å². The van der Waals surface area contributed by atoms with Crippen LogP contribution in [-0.2, 0) is 19.2 Å². The van der Waals surface area contributed by atoms with Crippen LogP contribution in [0.25, 0.3) is 0 Å². The lowest BCUT2D eigenvalue weighted by atomic mass is 10.0. The second kappa shape index (κ2) is 12.5. The van der Waals surface area contributed by atoms with Crippen LogP contribution in [0.5, 0.6) is 0 Å². The number of aliphatic carboxylic acids is 2. The number of carbonyl (C=O) groups is 4. The summed E-state index contributed by atoms with van der Waals surface area (Å²) in [6.07, 6.45) is 0.161. The summed E-state index contributed by atoms with van der Waals surface area (Å²) in [5, 5.41) is 22.4. The van der Waals surface area contributed by atoms with Gasteiger partial charge in [0.1, 0.15) is 12.1 Å². The van der Waals surface area contributed by atoms with Gasteiger partial charge in [0.05, 0.1) is 12.5 Å². The number of carboxylic acids is 2. The minimum Gasteiger partial charge on any atom is -0.481 e. The fraction of sp³-hybridized carbons (Fsp3) is 0.688. The van der Waals surface area contributed by atoms with Crippen molar-refractivity contribution in [2.45, 2.75) is 57.7 Å². The molecule has 3 unspecified atom stereocenters. The largest absolute Gasteiger partial charge is 0.481 e. The van der Waals surface area contributed by atoms with E-state index < -0.39 is 48.3 Å². The third kappa shape index (κ3) is 11.0. The van der Waals surface area contributed by atoms with Crippen LogP contribution in [0.4, 0.5) is 0 Å². The lowest BCUT2D eigenvalue weighted by Gasteiger charge is -2.23. The molecule has 3 atom stereocenters. The Balaban J connectivity index is 4.93. The Morgan fingerprint density at radius 3 is 2.04 bits per heavy atom. The van der Waals surface area contributed by atoms with E-state index in [1.165, 1.54) is 0 Å². The van der Waals surface area contributed by atoms with E-state index in [4.69, 9.17) is 27.4 Å². The minimum atomic E-state index is -1.61. The van der Waals surface area contributed by atoms with Gasteiger partial charge in [-0.3, -0.25) is 19.4 Å². The van der Waals surface area contributed by atoms with Gasteiger partial charge in [-0.2, -0.15) is 0 Å². The molecule has 0 saturated carbocycles. The number of aliphatic imine (C=N–C) groups is 1. The van der Waals surface area contributed by atoms with E-state index in [-0.39, 0.29) is 24.7 Å². The third-order valence-electron chi connectivity index (χ3n) is 3.64. The summed E-state index contributed by atoms with van der Waals surface area (Å²) in [5.74, 6) is -4.31. The van der Waals surface area contributed by atoms with E-state index in [2.05, 4.69) is 15.6 Å². The molecule has 0 spiro atoms. The monoisotopic (exact) mass is 402 g/mol. The molecule has 0 saturated heterocycles.